The lowest BCUT2D eigenvalue weighted by molar-refractivity contribution is 0.582. The van der Waals surface area contributed by atoms with E-state index in [1.54, 1.807) is 41.3 Å². The van der Waals surface area contributed by atoms with E-state index >= 15 is 0 Å². The molecule has 0 aliphatic carbocycles. The van der Waals surface area contributed by atoms with Crippen LogP contribution in [0.15, 0.2) is 62.7 Å². The summed E-state index contributed by atoms with van der Waals surface area (Å²) in [7, 11) is -3.61. The van der Waals surface area contributed by atoms with E-state index in [1.807, 2.05) is 12.1 Å². The zero-order valence-electron chi connectivity index (χ0n) is 12.2. The number of anilines is 1. The fraction of sp³-hybridized carbons (Fsp3) is 0.125. The van der Waals surface area contributed by atoms with Crippen molar-refractivity contribution in [2.75, 3.05) is 11.3 Å². The summed E-state index contributed by atoms with van der Waals surface area (Å²) in [6.45, 7) is 0.525. The van der Waals surface area contributed by atoms with Crippen LogP contribution in [0.4, 0.5) is 5.69 Å². The van der Waals surface area contributed by atoms with Gasteiger partial charge in [0.05, 0.1) is 16.8 Å². The quantitative estimate of drug-likeness (QED) is 0.716. The zero-order valence-corrected chi connectivity index (χ0v) is 13.9. The highest BCUT2D eigenvalue weighted by Gasteiger charge is 2.18. The summed E-state index contributed by atoms with van der Waals surface area (Å²) in [6, 6.07) is 10.6. The SMILES string of the molecule is NCCc1ccc(NS(=O)(=O)c2ccsc2)c(-c2ccco2)c1. The van der Waals surface area contributed by atoms with Crippen molar-refractivity contribution in [2.45, 2.75) is 11.3 Å². The number of thiophene rings is 1. The standard InChI is InChI=1S/C16H16N2O3S2/c17-7-5-12-3-4-15(14(10-12)16-2-1-8-21-16)18-23(19,20)13-6-9-22-11-13/h1-4,6,8-11,18H,5,7,17H2. The van der Waals surface area contributed by atoms with Crippen molar-refractivity contribution in [3.05, 3.63) is 59.0 Å². The van der Waals surface area contributed by atoms with Gasteiger partial charge < -0.3 is 10.2 Å². The van der Waals surface area contributed by atoms with Crippen LogP contribution >= 0.6 is 11.3 Å². The molecule has 0 fully saturated rings. The summed E-state index contributed by atoms with van der Waals surface area (Å²) in [5, 5.41) is 3.32. The molecule has 0 unspecified atom stereocenters. The molecule has 3 rings (SSSR count). The molecule has 5 nitrogen and oxygen atoms in total. The van der Waals surface area contributed by atoms with Crippen LogP contribution in [0.1, 0.15) is 5.56 Å². The van der Waals surface area contributed by atoms with Crippen molar-refractivity contribution in [2.24, 2.45) is 5.73 Å². The monoisotopic (exact) mass is 348 g/mol. The number of hydrogen-bond acceptors (Lipinski definition) is 5. The first kappa shape index (κ1) is 15.8. The molecule has 2 aromatic heterocycles. The molecule has 1 aromatic carbocycles. The largest absolute Gasteiger partial charge is 0.464 e. The maximum Gasteiger partial charge on any atom is 0.262 e. The van der Waals surface area contributed by atoms with Gasteiger partial charge in [-0.05, 0) is 54.2 Å². The predicted octanol–water partition coefficient (Wildman–Crippen LogP) is 3.31. The average Bonchev–Trinajstić information content (AvgIpc) is 3.22. The number of sulfonamides is 1. The van der Waals surface area contributed by atoms with Crippen molar-refractivity contribution < 1.29 is 12.8 Å². The van der Waals surface area contributed by atoms with E-state index in [2.05, 4.69) is 4.72 Å². The highest BCUT2D eigenvalue weighted by molar-refractivity contribution is 7.92. The Labute approximate surface area is 138 Å². The molecular formula is C16H16N2O3S2. The minimum Gasteiger partial charge on any atom is -0.464 e. The Balaban J connectivity index is 2.02. The molecule has 120 valence electrons. The molecule has 23 heavy (non-hydrogen) atoms. The predicted molar refractivity (Wildman–Crippen MR) is 92.0 cm³/mol. The van der Waals surface area contributed by atoms with Crippen molar-refractivity contribution in [3.8, 4) is 11.3 Å². The molecule has 0 amide bonds. The molecule has 2 heterocycles. The molecule has 0 saturated heterocycles. The first-order chi connectivity index (χ1) is 11.1. The lowest BCUT2D eigenvalue weighted by atomic mass is 10.0. The summed E-state index contributed by atoms with van der Waals surface area (Å²) in [5.41, 5.74) is 7.80. The molecule has 0 saturated carbocycles. The smallest absolute Gasteiger partial charge is 0.262 e. The van der Waals surface area contributed by atoms with Crippen LogP contribution in [0.3, 0.4) is 0 Å². The summed E-state index contributed by atoms with van der Waals surface area (Å²) < 4.78 is 32.9. The minimum absolute atomic E-state index is 0.249. The van der Waals surface area contributed by atoms with Crippen molar-refractivity contribution in [1.29, 1.82) is 0 Å². The summed E-state index contributed by atoms with van der Waals surface area (Å²) in [4.78, 5) is 0.249. The van der Waals surface area contributed by atoms with Crippen molar-refractivity contribution in [1.82, 2.24) is 0 Å². The number of nitrogens with one attached hydrogen (secondary N) is 1. The fourth-order valence-electron chi connectivity index (χ4n) is 2.25. The summed E-state index contributed by atoms with van der Waals surface area (Å²) in [6.07, 6.45) is 2.27. The van der Waals surface area contributed by atoms with Crippen LogP contribution in [0, 0.1) is 0 Å². The first-order valence-electron chi connectivity index (χ1n) is 7.02. The highest BCUT2D eigenvalue weighted by atomic mass is 32.2. The minimum atomic E-state index is -3.61. The van der Waals surface area contributed by atoms with E-state index < -0.39 is 10.0 Å². The van der Waals surface area contributed by atoms with Crippen LogP contribution in [0.2, 0.25) is 0 Å². The summed E-state index contributed by atoms with van der Waals surface area (Å²) >= 11 is 1.34. The van der Waals surface area contributed by atoms with Gasteiger partial charge in [-0.1, -0.05) is 6.07 Å². The summed E-state index contributed by atoms with van der Waals surface area (Å²) in [5.74, 6) is 0.604. The van der Waals surface area contributed by atoms with Crippen molar-refractivity contribution >= 4 is 27.0 Å². The fourth-order valence-corrected chi connectivity index (χ4v) is 4.36. The number of nitrogens with two attached hydrogens (primary N) is 1. The Morgan fingerprint density at radius 3 is 2.74 bits per heavy atom. The van der Waals surface area contributed by atoms with Gasteiger partial charge in [-0.25, -0.2) is 8.42 Å². The molecule has 3 N–H and O–H groups in total. The second kappa shape index (κ2) is 6.57. The third kappa shape index (κ3) is 3.47. The number of furan rings is 1. The number of rotatable bonds is 6. The van der Waals surface area contributed by atoms with Crippen LogP contribution in [0.25, 0.3) is 11.3 Å². The molecule has 0 bridgehead atoms. The van der Waals surface area contributed by atoms with Crippen LogP contribution < -0.4 is 10.5 Å². The zero-order chi connectivity index (χ0) is 16.3. The third-order valence-corrected chi connectivity index (χ3v) is 5.55. The lowest BCUT2D eigenvalue weighted by Crippen LogP contribution is -2.13. The molecule has 0 spiro atoms. The van der Waals surface area contributed by atoms with Gasteiger partial charge in [0.2, 0.25) is 0 Å². The van der Waals surface area contributed by atoms with E-state index in [-0.39, 0.29) is 4.90 Å². The van der Waals surface area contributed by atoms with E-state index in [0.717, 1.165) is 5.56 Å². The van der Waals surface area contributed by atoms with E-state index in [1.165, 1.54) is 11.3 Å². The molecule has 0 radical (unpaired) electrons. The van der Waals surface area contributed by atoms with Gasteiger partial charge in [0.25, 0.3) is 10.0 Å². The molecule has 0 aliphatic heterocycles. The average molecular weight is 348 g/mol. The molecule has 0 aliphatic rings. The Morgan fingerprint density at radius 1 is 1.22 bits per heavy atom. The van der Waals surface area contributed by atoms with Gasteiger partial charge in [0.1, 0.15) is 5.76 Å². The number of benzene rings is 1. The lowest BCUT2D eigenvalue weighted by Gasteiger charge is -2.12. The van der Waals surface area contributed by atoms with Gasteiger partial charge in [0.15, 0.2) is 0 Å². The third-order valence-electron chi connectivity index (χ3n) is 3.35. The van der Waals surface area contributed by atoms with Crippen LogP contribution in [0.5, 0.6) is 0 Å². The maximum absolute atomic E-state index is 12.4. The van der Waals surface area contributed by atoms with Crippen molar-refractivity contribution in [3.63, 3.8) is 0 Å². The van der Waals surface area contributed by atoms with Gasteiger partial charge in [-0.2, -0.15) is 11.3 Å². The second-order valence-corrected chi connectivity index (χ2v) is 7.42. The molecule has 7 heteroatoms. The Morgan fingerprint density at radius 2 is 2.09 bits per heavy atom. The van der Waals surface area contributed by atoms with E-state index in [4.69, 9.17) is 10.2 Å². The molecule has 0 atom stereocenters. The van der Waals surface area contributed by atoms with Crippen LogP contribution in [-0.2, 0) is 16.4 Å². The first-order valence-corrected chi connectivity index (χ1v) is 9.44. The van der Waals surface area contributed by atoms with E-state index in [9.17, 15) is 8.42 Å². The Hall–Kier alpha value is -2.09. The Kier molecular flexibility index (Phi) is 4.51. The molecular weight excluding hydrogens is 332 g/mol. The second-order valence-electron chi connectivity index (χ2n) is 4.96. The van der Waals surface area contributed by atoms with Gasteiger partial charge in [0, 0.05) is 10.9 Å². The highest BCUT2D eigenvalue weighted by Crippen LogP contribution is 2.31. The number of hydrogen-bond donors (Lipinski definition) is 2. The molecule has 3 aromatic rings. The van der Waals surface area contributed by atoms with Gasteiger partial charge in [-0.15, -0.1) is 0 Å². The normalized spacial score (nSPS) is 11.5. The van der Waals surface area contributed by atoms with E-state index in [0.29, 0.717) is 30.0 Å². The van der Waals surface area contributed by atoms with Gasteiger partial charge >= 0.3 is 0 Å². The maximum atomic E-state index is 12.4. The Bertz CT molecular complexity index is 870. The topological polar surface area (TPSA) is 85.3 Å². The van der Waals surface area contributed by atoms with Gasteiger partial charge in [-0.3, -0.25) is 4.72 Å². The van der Waals surface area contributed by atoms with Crippen LogP contribution in [-0.4, -0.2) is 15.0 Å².